The van der Waals surface area contributed by atoms with Crippen LogP contribution in [-0.2, 0) is 11.2 Å². The van der Waals surface area contributed by atoms with Gasteiger partial charge in [0, 0.05) is 5.39 Å². The zero-order chi connectivity index (χ0) is 16.4. The summed E-state index contributed by atoms with van der Waals surface area (Å²) in [5.41, 5.74) is 1.33. The molecule has 116 valence electrons. The maximum Gasteiger partial charge on any atom is 0.307 e. The number of fused-ring (bicyclic) bond motifs is 1. The standard InChI is InChI=1S/C16H11ClN2O3S/c17-11-7-9(8-14(20)21)5-6-12(11)18-16(22)15-10-3-1-2-4-13(10)23-19-15/h1-7H,8H2,(H,18,22)(H,20,21). The highest BCUT2D eigenvalue weighted by atomic mass is 35.5. The topological polar surface area (TPSA) is 79.3 Å². The fourth-order valence-corrected chi connectivity index (χ4v) is 3.20. The van der Waals surface area contributed by atoms with Crippen LogP contribution in [0, 0.1) is 0 Å². The number of anilines is 1. The molecule has 0 unspecified atom stereocenters. The van der Waals surface area contributed by atoms with E-state index in [0.29, 0.717) is 16.9 Å². The fraction of sp³-hybridized carbons (Fsp3) is 0.0625. The molecule has 0 aliphatic heterocycles. The number of amides is 1. The summed E-state index contributed by atoms with van der Waals surface area (Å²) < 4.78 is 5.12. The minimum atomic E-state index is -0.938. The Morgan fingerprint density at radius 2 is 2.00 bits per heavy atom. The molecule has 1 heterocycles. The van der Waals surface area contributed by atoms with Crippen molar-refractivity contribution < 1.29 is 14.7 Å². The lowest BCUT2D eigenvalue weighted by Gasteiger charge is -2.07. The second kappa shape index (κ2) is 6.36. The lowest BCUT2D eigenvalue weighted by Crippen LogP contribution is -2.13. The molecule has 0 atom stereocenters. The van der Waals surface area contributed by atoms with Crippen LogP contribution in [0.3, 0.4) is 0 Å². The van der Waals surface area contributed by atoms with E-state index in [0.717, 1.165) is 10.1 Å². The lowest BCUT2D eigenvalue weighted by atomic mass is 10.1. The van der Waals surface area contributed by atoms with E-state index < -0.39 is 5.97 Å². The van der Waals surface area contributed by atoms with Crippen LogP contribution >= 0.6 is 23.1 Å². The van der Waals surface area contributed by atoms with Crippen molar-refractivity contribution in [2.45, 2.75) is 6.42 Å². The molecule has 0 radical (unpaired) electrons. The van der Waals surface area contributed by atoms with Crippen molar-refractivity contribution >= 4 is 50.8 Å². The van der Waals surface area contributed by atoms with Crippen LogP contribution in [0.5, 0.6) is 0 Å². The molecular weight excluding hydrogens is 336 g/mol. The molecule has 3 rings (SSSR count). The van der Waals surface area contributed by atoms with Gasteiger partial charge in [0.05, 0.1) is 21.8 Å². The highest BCUT2D eigenvalue weighted by Crippen LogP contribution is 2.26. The van der Waals surface area contributed by atoms with Crippen molar-refractivity contribution in [3.63, 3.8) is 0 Å². The van der Waals surface area contributed by atoms with Crippen molar-refractivity contribution in [1.82, 2.24) is 4.37 Å². The average Bonchev–Trinajstić information content (AvgIpc) is 2.93. The zero-order valence-corrected chi connectivity index (χ0v) is 13.3. The van der Waals surface area contributed by atoms with Gasteiger partial charge in [-0.3, -0.25) is 9.59 Å². The van der Waals surface area contributed by atoms with E-state index in [1.165, 1.54) is 17.6 Å². The van der Waals surface area contributed by atoms with Gasteiger partial charge in [0.2, 0.25) is 0 Å². The van der Waals surface area contributed by atoms with Gasteiger partial charge in [-0.05, 0) is 35.3 Å². The lowest BCUT2D eigenvalue weighted by molar-refractivity contribution is -0.136. The first-order valence-corrected chi connectivity index (χ1v) is 7.85. The van der Waals surface area contributed by atoms with Crippen LogP contribution in [0.25, 0.3) is 10.1 Å². The number of halogens is 1. The van der Waals surface area contributed by atoms with Gasteiger partial charge in [0.1, 0.15) is 5.69 Å². The van der Waals surface area contributed by atoms with Gasteiger partial charge >= 0.3 is 5.97 Å². The average molecular weight is 347 g/mol. The third-order valence-electron chi connectivity index (χ3n) is 3.23. The van der Waals surface area contributed by atoms with Crippen LogP contribution in [0.15, 0.2) is 42.5 Å². The number of rotatable bonds is 4. The van der Waals surface area contributed by atoms with E-state index in [-0.39, 0.29) is 17.4 Å². The maximum absolute atomic E-state index is 12.4. The Kier molecular flexibility index (Phi) is 4.27. The molecular formula is C16H11ClN2O3S. The molecule has 1 aromatic heterocycles. The van der Waals surface area contributed by atoms with Crippen LogP contribution < -0.4 is 5.32 Å². The number of nitrogens with zero attached hydrogens (tertiary/aromatic N) is 1. The summed E-state index contributed by atoms with van der Waals surface area (Å²) in [5.74, 6) is -1.29. The third-order valence-corrected chi connectivity index (χ3v) is 4.37. The van der Waals surface area contributed by atoms with Crippen LogP contribution in [0.1, 0.15) is 16.1 Å². The number of aliphatic carboxylic acids is 1. The Morgan fingerprint density at radius 1 is 1.22 bits per heavy atom. The Balaban J connectivity index is 1.84. The van der Waals surface area contributed by atoms with Crippen LogP contribution in [-0.4, -0.2) is 21.4 Å². The van der Waals surface area contributed by atoms with Crippen molar-refractivity contribution in [2.24, 2.45) is 0 Å². The Labute approximate surface area is 140 Å². The number of nitrogens with one attached hydrogen (secondary N) is 1. The predicted octanol–water partition coefficient (Wildman–Crippen LogP) is 3.83. The highest BCUT2D eigenvalue weighted by molar-refractivity contribution is 7.13. The van der Waals surface area contributed by atoms with Gasteiger partial charge < -0.3 is 10.4 Å². The SMILES string of the molecule is O=C(O)Cc1ccc(NC(=O)c2nsc3ccccc23)c(Cl)c1. The normalized spacial score (nSPS) is 10.7. The number of hydrogen-bond acceptors (Lipinski definition) is 4. The highest BCUT2D eigenvalue weighted by Gasteiger charge is 2.15. The molecule has 0 bridgehead atoms. The van der Waals surface area contributed by atoms with Crippen molar-refractivity contribution in [1.29, 1.82) is 0 Å². The monoisotopic (exact) mass is 346 g/mol. The molecule has 7 heteroatoms. The third kappa shape index (κ3) is 3.33. The molecule has 2 aromatic carbocycles. The van der Waals surface area contributed by atoms with Crippen molar-refractivity contribution in [2.75, 3.05) is 5.32 Å². The van der Waals surface area contributed by atoms with Gasteiger partial charge in [0.15, 0.2) is 0 Å². The second-order valence-electron chi connectivity index (χ2n) is 4.87. The summed E-state index contributed by atoms with van der Waals surface area (Å²) in [6, 6.07) is 12.2. The van der Waals surface area contributed by atoms with E-state index in [1.807, 2.05) is 24.3 Å². The first-order chi connectivity index (χ1) is 11.0. The van der Waals surface area contributed by atoms with Gasteiger partial charge in [0.25, 0.3) is 5.91 Å². The Morgan fingerprint density at radius 3 is 2.74 bits per heavy atom. The molecule has 1 amide bonds. The summed E-state index contributed by atoms with van der Waals surface area (Å²) in [4.78, 5) is 23.1. The molecule has 0 saturated heterocycles. The van der Waals surface area contributed by atoms with E-state index >= 15 is 0 Å². The molecule has 5 nitrogen and oxygen atoms in total. The molecule has 23 heavy (non-hydrogen) atoms. The first-order valence-electron chi connectivity index (χ1n) is 6.70. The van der Waals surface area contributed by atoms with E-state index in [1.54, 1.807) is 12.1 Å². The maximum atomic E-state index is 12.4. The van der Waals surface area contributed by atoms with Gasteiger partial charge in [-0.25, -0.2) is 0 Å². The second-order valence-corrected chi connectivity index (χ2v) is 6.08. The van der Waals surface area contributed by atoms with Crippen molar-refractivity contribution in [3.8, 4) is 0 Å². The molecule has 2 N–H and O–H groups in total. The quantitative estimate of drug-likeness (QED) is 0.752. The summed E-state index contributed by atoms with van der Waals surface area (Å²) in [7, 11) is 0. The predicted molar refractivity (Wildman–Crippen MR) is 90.4 cm³/mol. The smallest absolute Gasteiger partial charge is 0.307 e. The number of carboxylic acids is 1. The summed E-state index contributed by atoms with van der Waals surface area (Å²) >= 11 is 7.37. The molecule has 0 aliphatic rings. The Bertz CT molecular complexity index is 907. The number of carboxylic acid groups (broad SMARTS) is 1. The summed E-state index contributed by atoms with van der Waals surface area (Å²) in [6.07, 6.45) is -0.120. The summed E-state index contributed by atoms with van der Waals surface area (Å²) in [6.45, 7) is 0. The fourth-order valence-electron chi connectivity index (χ4n) is 2.18. The van der Waals surface area contributed by atoms with E-state index in [9.17, 15) is 9.59 Å². The largest absolute Gasteiger partial charge is 0.481 e. The molecule has 3 aromatic rings. The first kappa shape index (κ1) is 15.5. The van der Waals surface area contributed by atoms with Gasteiger partial charge in [-0.15, -0.1) is 0 Å². The van der Waals surface area contributed by atoms with Crippen molar-refractivity contribution in [3.05, 3.63) is 58.7 Å². The minimum Gasteiger partial charge on any atom is -0.481 e. The molecule has 0 fully saturated rings. The van der Waals surface area contributed by atoms with E-state index in [2.05, 4.69) is 9.69 Å². The molecule has 0 aliphatic carbocycles. The number of aromatic nitrogens is 1. The number of benzene rings is 2. The summed E-state index contributed by atoms with van der Waals surface area (Å²) in [5, 5.41) is 12.6. The zero-order valence-electron chi connectivity index (χ0n) is 11.7. The number of carbonyl (C=O) groups is 2. The number of carbonyl (C=O) groups excluding carboxylic acids is 1. The van der Waals surface area contributed by atoms with E-state index in [4.69, 9.17) is 16.7 Å². The van der Waals surface area contributed by atoms with Crippen LogP contribution in [0.4, 0.5) is 5.69 Å². The Hall–Kier alpha value is -2.44. The minimum absolute atomic E-state index is 0.120. The van der Waals surface area contributed by atoms with Gasteiger partial charge in [-0.2, -0.15) is 4.37 Å². The van der Waals surface area contributed by atoms with Crippen LogP contribution in [0.2, 0.25) is 5.02 Å². The van der Waals surface area contributed by atoms with Gasteiger partial charge in [-0.1, -0.05) is 35.9 Å². The number of hydrogen-bond donors (Lipinski definition) is 2. The molecule has 0 spiro atoms. The molecule has 0 saturated carbocycles.